The molecule has 6 heteroatoms. The number of carboxylic acids is 2. The molecule has 1 unspecified atom stereocenters. The maximum absolute atomic E-state index is 12.3. The van der Waals surface area contributed by atoms with Gasteiger partial charge in [0, 0.05) is 0 Å². The van der Waals surface area contributed by atoms with E-state index in [4.69, 9.17) is 5.26 Å². The fourth-order valence-electron chi connectivity index (χ4n) is 3.58. The lowest BCUT2D eigenvalue weighted by Crippen LogP contribution is -2.38. The number of benzene rings is 2. The van der Waals surface area contributed by atoms with Crippen LogP contribution in [0, 0.1) is 5.41 Å². The van der Waals surface area contributed by atoms with Crippen LogP contribution in [-0.4, -0.2) is 27.4 Å². The maximum atomic E-state index is 12.3. The average molecular weight is 414 g/mol. The highest BCUT2D eigenvalue weighted by Gasteiger charge is 2.41. The molecule has 0 aliphatic rings. The molecular weight excluding hydrogens is 384 g/mol. The molecule has 0 aliphatic carbocycles. The third kappa shape index (κ3) is 5.68. The summed E-state index contributed by atoms with van der Waals surface area (Å²) in [5.41, 5.74) is 0.973. The van der Waals surface area contributed by atoms with Crippen LogP contribution in [0.3, 0.4) is 0 Å². The number of rotatable bonds is 10. The summed E-state index contributed by atoms with van der Waals surface area (Å²) in [6.07, 6.45) is -0.303. The minimum Gasteiger partial charge on any atom is -0.481 e. The van der Waals surface area contributed by atoms with Crippen molar-refractivity contribution in [1.82, 2.24) is 0 Å². The summed E-state index contributed by atoms with van der Waals surface area (Å²) in [4.78, 5) is 28.3. The predicted molar refractivity (Wildman–Crippen MR) is 113 cm³/mol. The fraction of sp³-hybridized carbons (Fsp3) is 0.417. The molecular formula is C24H30O6. The van der Waals surface area contributed by atoms with Crippen LogP contribution in [0.15, 0.2) is 48.5 Å². The molecule has 0 aliphatic heterocycles. The van der Waals surface area contributed by atoms with E-state index < -0.39 is 29.4 Å². The zero-order chi connectivity index (χ0) is 22.5. The van der Waals surface area contributed by atoms with Crippen LogP contribution in [-0.2, 0) is 32.9 Å². The van der Waals surface area contributed by atoms with Crippen molar-refractivity contribution in [1.29, 1.82) is 0 Å². The lowest BCUT2D eigenvalue weighted by atomic mass is 9.73. The zero-order valence-electron chi connectivity index (χ0n) is 17.9. The van der Waals surface area contributed by atoms with E-state index in [1.54, 1.807) is 38.1 Å². The van der Waals surface area contributed by atoms with Crippen molar-refractivity contribution in [3.8, 4) is 0 Å². The molecule has 1 atom stereocenters. The Kier molecular flexibility index (Phi) is 7.39. The van der Waals surface area contributed by atoms with Crippen LogP contribution < -0.4 is 0 Å². The fourth-order valence-corrected chi connectivity index (χ4v) is 3.58. The molecule has 0 saturated carbocycles. The molecule has 2 rings (SSSR count). The first-order valence-corrected chi connectivity index (χ1v) is 9.95. The molecule has 6 nitrogen and oxygen atoms in total. The van der Waals surface area contributed by atoms with Gasteiger partial charge in [-0.25, -0.2) is 4.89 Å². The average Bonchev–Trinajstić information content (AvgIpc) is 2.68. The van der Waals surface area contributed by atoms with Gasteiger partial charge < -0.3 is 10.2 Å². The van der Waals surface area contributed by atoms with Gasteiger partial charge >= 0.3 is 11.9 Å². The molecule has 162 valence electrons. The van der Waals surface area contributed by atoms with E-state index in [1.807, 2.05) is 24.3 Å². The Morgan fingerprint density at radius 3 is 1.73 bits per heavy atom. The second kappa shape index (κ2) is 9.41. The minimum atomic E-state index is -1.48. The third-order valence-electron chi connectivity index (χ3n) is 5.55. The van der Waals surface area contributed by atoms with Crippen LogP contribution >= 0.6 is 0 Å². The van der Waals surface area contributed by atoms with Crippen LogP contribution in [0.1, 0.15) is 62.3 Å². The lowest BCUT2D eigenvalue weighted by molar-refractivity contribution is -0.318. The highest BCUT2D eigenvalue weighted by molar-refractivity contribution is 5.82. The summed E-state index contributed by atoms with van der Waals surface area (Å²) in [5, 5.41) is 28.5. The van der Waals surface area contributed by atoms with E-state index >= 15 is 0 Å². The van der Waals surface area contributed by atoms with E-state index in [0.29, 0.717) is 11.5 Å². The molecule has 2 aromatic rings. The van der Waals surface area contributed by atoms with Gasteiger partial charge in [-0.3, -0.25) is 14.8 Å². The first kappa shape index (κ1) is 23.6. The van der Waals surface area contributed by atoms with Gasteiger partial charge in [0.2, 0.25) is 0 Å². The Morgan fingerprint density at radius 1 is 0.900 bits per heavy atom. The van der Waals surface area contributed by atoms with Crippen LogP contribution in [0.4, 0.5) is 0 Å². The summed E-state index contributed by atoms with van der Waals surface area (Å²) in [6.45, 7) is 7.56. The maximum Gasteiger partial charge on any atom is 0.310 e. The standard InChI is InChI=1S/C24H30O6/c1-16(2)19-9-5-17(6-10-19)13-24(22(27)28,15-21(25)26)14-18-7-11-20(12-8-18)23(3,4)30-29/h5-12,16,29H,13-15H2,1-4H3,(H,25,26)(H,27,28). The van der Waals surface area contributed by atoms with Crippen molar-refractivity contribution in [2.45, 2.75) is 58.5 Å². The van der Waals surface area contributed by atoms with Gasteiger partial charge in [-0.2, -0.15) is 0 Å². The minimum absolute atomic E-state index is 0.0707. The molecule has 2 aromatic carbocycles. The summed E-state index contributed by atoms with van der Waals surface area (Å²) in [7, 11) is 0. The van der Waals surface area contributed by atoms with Crippen LogP contribution in [0.25, 0.3) is 0 Å². The van der Waals surface area contributed by atoms with Crippen molar-refractivity contribution in [2.75, 3.05) is 0 Å². The van der Waals surface area contributed by atoms with E-state index in [-0.39, 0.29) is 12.8 Å². The molecule has 0 heterocycles. The van der Waals surface area contributed by atoms with Crippen molar-refractivity contribution in [2.24, 2.45) is 5.41 Å². The Balaban J connectivity index is 2.36. The molecule has 0 radical (unpaired) electrons. The van der Waals surface area contributed by atoms with E-state index in [1.165, 1.54) is 0 Å². The smallest absolute Gasteiger partial charge is 0.310 e. The molecule has 0 bridgehead atoms. The molecule has 0 fully saturated rings. The molecule has 30 heavy (non-hydrogen) atoms. The van der Waals surface area contributed by atoms with Gasteiger partial charge in [0.15, 0.2) is 0 Å². The van der Waals surface area contributed by atoms with Crippen LogP contribution in [0.5, 0.6) is 0 Å². The van der Waals surface area contributed by atoms with Crippen molar-refractivity contribution in [3.63, 3.8) is 0 Å². The second-order valence-electron chi connectivity index (χ2n) is 8.70. The topological polar surface area (TPSA) is 104 Å². The highest BCUT2D eigenvalue weighted by atomic mass is 17.1. The Hall–Kier alpha value is -2.70. The summed E-state index contributed by atoms with van der Waals surface area (Å²) >= 11 is 0. The van der Waals surface area contributed by atoms with Crippen molar-refractivity contribution < 1.29 is 29.9 Å². The quantitative estimate of drug-likeness (QED) is 0.379. The van der Waals surface area contributed by atoms with Crippen molar-refractivity contribution >= 4 is 11.9 Å². The van der Waals surface area contributed by atoms with Gasteiger partial charge in [-0.05, 0) is 54.9 Å². The van der Waals surface area contributed by atoms with Gasteiger partial charge in [-0.15, -0.1) is 0 Å². The Morgan fingerprint density at radius 2 is 1.37 bits per heavy atom. The SMILES string of the molecule is CC(C)c1ccc(CC(CC(=O)O)(Cc2ccc(C(C)(C)OO)cc2)C(=O)O)cc1. The number of hydrogen-bond acceptors (Lipinski definition) is 4. The van der Waals surface area contributed by atoms with E-state index in [2.05, 4.69) is 18.7 Å². The third-order valence-corrected chi connectivity index (χ3v) is 5.55. The van der Waals surface area contributed by atoms with Crippen LogP contribution in [0.2, 0.25) is 0 Å². The van der Waals surface area contributed by atoms with Gasteiger partial charge in [0.1, 0.15) is 5.60 Å². The van der Waals surface area contributed by atoms with Crippen molar-refractivity contribution in [3.05, 3.63) is 70.8 Å². The van der Waals surface area contributed by atoms with E-state index in [9.17, 15) is 19.8 Å². The first-order chi connectivity index (χ1) is 14.0. The zero-order valence-corrected chi connectivity index (χ0v) is 17.9. The first-order valence-electron chi connectivity index (χ1n) is 9.95. The van der Waals surface area contributed by atoms with Gasteiger partial charge in [0.25, 0.3) is 0 Å². The predicted octanol–water partition coefficient (Wildman–Crippen LogP) is 4.87. The number of carboxylic acid groups (broad SMARTS) is 2. The molecule has 0 aromatic heterocycles. The number of hydrogen-bond donors (Lipinski definition) is 3. The largest absolute Gasteiger partial charge is 0.481 e. The molecule has 0 saturated heterocycles. The van der Waals surface area contributed by atoms with Gasteiger partial charge in [0.05, 0.1) is 11.8 Å². The summed E-state index contributed by atoms with van der Waals surface area (Å²) in [6, 6.07) is 14.7. The Labute approximate surface area is 177 Å². The number of aliphatic carboxylic acids is 2. The molecule has 0 amide bonds. The molecule has 0 spiro atoms. The van der Waals surface area contributed by atoms with E-state index in [0.717, 1.165) is 16.7 Å². The summed E-state index contributed by atoms with van der Waals surface area (Å²) < 4.78 is 0. The Bertz CT molecular complexity index is 868. The molecule has 3 N–H and O–H groups in total. The lowest BCUT2D eigenvalue weighted by Gasteiger charge is -2.29. The highest BCUT2D eigenvalue weighted by Crippen LogP contribution is 2.34. The second-order valence-corrected chi connectivity index (χ2v) is 8.70. The monoisotopic (exact) mass is 414 g/mol. The normalized spacial score (nSPS) is 13.8. The summed E-state index contributed by atoms with van der Waals surface area (Å²) in [5.74, 6) is -1.93. The number of carbonyl (C=O) groups is 2. The van der Waals surface area contributed by atoms with Gasteiger partial charge in [-0.1, -0.05) is 62.4 Å².